The molecule has 1 amide bonds. The van der Waals surface area contributed by atoms with E-state index >= 15 is 0 Å². The fourth-order valence-corrected chi connectivity index (χ4v) is 3.44. The molecule has 0 aliphatic heterocycles. The SMILES string of the molecule is CS(=O)(=O)N(CC(=O)Nc1ccc2ccccc2c1)Cc1ccccc1. The van der Waals surface area contributed by atoms with E-state index in [4.69, 9.17) is 0 Å². The second kappa shape index (κ2) is 7.68. The van der Waals surface area contributed by atoms with E-state index in [-0.39, 0.29) is 19.0 Å². The first-order valence-corrected chi connectivity index (χ1v) is 10.0. The van der Waals surface area contributed by atoms with Gasteiger partial charge in [-0.25, -0.2) is 8.42 Å². The number of rotatable bonds is 6. The molecule has 0 unspecified atom stereocenters. The van der Waals surface area contributed by atoms with Crippen LogP contribution in [0.4, 0.5) is 5.69 Å². The highest BCUT2D eigenvalue weighted by Gasteiger charge is 2.20. The number of nitrogens with zero attached hydrogens (tertiary/aromatic N) is 1. The van der Waals surface area contributed by atoms with Gasteiger partial charge in [-0.05, 0) is 28.5 Å². The Balaban J connectivity index is 1.72. The highest BCUT2D eigenvalue weighted by atomic mass is 32.2. The smallest absolute Gasteiger partial charge is 0.239 e. The molecule has 26 heavy (non-hydrogen) atoms. The van der Waals surface area contributed by atoms with Crippen LogP contribution in [0.1, 0.15) is 5.56 Å². The molecule has 0 aliphatic rings. The minimum Gasteiger partial charge on any atom is -0.325 e. The molecule has 0 atom stereocenters. The number of carbonyl (C=O) groups excluding carboxylic acids is 1. The Bertz CT molecular complexity index is 1020. The van der Waals surface area contributed by atoms with Crippen molar-refractivity contribution in [2.45, 2.75) is 6.54 Å². The van der Waals surface area contributed by atoms with E-state index in [9.17, 15) is 13.2 Å². The van der Waals surface area contributed by atoms with E-state index in [1.54, 1.807) is 0 Å². The van der Waals surface area contributed by atoms with Crippen LogP contribution >= 0.6 is 0 Å². The predicted octanol–water partition coefficient (Wildman–Crippen LogP) is 3.24. The van der Waals surface area contributed by atoms with Crippen LogP contribution in [0.5, 0.6) is 0 Å². The van der Waals surface area contributed by atoms with Crippen LogP contribution < -0.4 is 5.32 Å². The molecule has 1 N–H and O–H groups in total. The first-order valence-electron chi connectivity index (χ1n) is 8.19. The van der Waals surface area contributed by atoms with Crippen LogP contribution in [-0.4, -0.2) is 31.4 Å². The molecule has 5 nitrogen and oxygen atoms in total. The second-order valence-electron chi connectivity index (χ2n) is 6.13. The normalized spacial score (nSPS) is 11.6. The predicted molar refractivity (Wildman–Crippen MR) is 104 cm³/mol. The van der Waals surface area contributed by atoms with Crippen molar-refractivity contribution in [2.24, 2.45) is 0 Å². The lowest BCUT2D eigenvalue weighted by Crippen LogP contribution is -2.36. The Labute approximate surface area is 153 Å². The van der Waals surface area contributed by atoms with Crippen molar-refractivity contribution in [1.82, 2.24) is 4.31 Å². The summed E-state index contributed by atoms with van der Waals surface area (Å²) in [5.41, 5.74) is 1.47. The van der Waals surface area contributed by atoms with Gasteiger partial charge in [0.05, 0.1) is 12.8 Å². The third-order valence-corrected chi connectivity index (χ3v) is 5.22. The van der Waals surface area contributed by atoms with Gasteiger partial charge in [-0.1, -0.05) is 60.7 Å². The molecule has 134 valence electrons. The Kier molecular flexibility index (Phi) is 5.35. The maximum atomic E-state index is 12.4. The van der Waals surface area contributed by atoms with Crippen LogP contribution in [0, 0.1) is 0 Å². The average Bonchev–Trinajstić information content (AvgIpc) is 2.61. The molecular formula is C20H20N2O3S. The van der Waals surface area contributed by atoms with Gasteiger partial charge in [0.1, 0.15) is 0 Å². The second-order valence-corrected chi connectivity index (χ2v) is 8.11. The molecule has 3 rings (SSSR count). The molecule has 0 heterocycles. The first-order chi connectivity index (χ1) is 12.4. The Hall–Kier alpha value is -2.70. The number of benzene rings is 3. The quantitative estimate of drug-likeness (QED) is 0.726. The molecule has 0 saturated heterocycles. The van der Waals surface area contributed by atoms with Crippen molar-refractivity contribution < 1.29 is 13.2 Å². The topological polar surface area (TPSA) is 66.5 Å². The molecule has 6 heteroatoms. The summed E-state index contributed by atoms with van der Waals surface area (Å²) in [6.07, 6.45) is 1.11. The molecule has 0 saturated carbocycles. The molecule has 3 aromatic rings. The molecule has 0 bridgehead atoms. The van der Waals surface area contributed by atoms with E-state index in [0.29, 0.717) is 5.69 Å². The van der Waals surface area contributed by atoms with Gasteiger partial charge in [-0.2, -0.15) is 4.31 Å². The van der Waals surface area contributed by atoms with Crippen molar-refractivity contribution in [3.63, 3.8) is 0 Å². The average molecular weight is 368 g/mol. The lowest BCUT2D eigenvalue weighted by Gasteiger charge is -2.19. The van der Waals surface area contributed by atoms with Gasteiger partial charge < -0.3 is 5.32 Å². The van der Waals surface area contributed by atoms with Crippen LogP contribution in [0.3, 0.4) is 0 Å². The van der Waals surface area contributed by atoms with Gasteiger partial charge >= 0.3 is 0 Å². The van der Waals surface area contributed by atoms with E-state index in [1.165, 1.54) is 4.31 Å². The van der Waals surface area contributed by atoms with Crippen LogP contribution in [0.15, 0.2) is 72.8 Å². The zero-order valence-corrected chi connectivity index (χ0v) is 15.2. The van der Waals surface area contributed by atoms with Gasteiger partial charge in [-0.3, -0.25) is 4.79 Å². The minimum absolute atomic E-state index is 0.158. The summed E-state index contributed by atoms with van der Waals surface area (Å²) in [6, 6.07) is 22.6. The minimum atomic E-state index is -3.51. The van der Waals surface area contributed by atoms with Crippen LogP contribution in [0.25, 0.3) is 10.8 Å². The van der Waals surface area contributed by atoms with Crippen molar-refractivity contribution in [3.05, 3.63) is 78.4 Å². The molecule has 3 aromatic carbocycles. The Morgan fingerprint density at radius 1 is 0.923 bits per heavy atom. The van der Waals surface area contributed by atoms with Crippen molar-refractivity contribution >= 4 is 32.4 Å². The van der Waals surface area contributed by atoms with Crippen molar-refractivity contribution in [3.8, 4) is 0 Å². The van der Waals surface area contributed by atoms with E-state index in [0.717, 1.165) is 22.6 Å². The summed E-state index contributed by atoms with van der Waals surface area (Å²) < 4.78 is 25.3. The molecule has 0 spiro atoms. The summed E-state index contributed by atoms with van der Waals surface area (Å²) in [5.74, 6) is -0.373. The summed E-state index contributed by atoms with van der Waals surface area (Å²) >= 11 is 0. The molecule has 0 aliphatic carbocycles. The van der Waals surface area contributed by atoms with E-state index in [1.807, 2.05) is 72.8 Å². The summed E-state index contributed by atoms with van der Waals surface area (Å²) in [7, 11) is -3.51. The van der Waals surface area contributed by atoms with Crippen LogP contribution in [0.2, 0.25) is 0 Å². The van der Waals surface area contributed by atoms with E-state index in [2.05, 4.69) is 5.32 Å². The fourth-order valence-electron chi connectivity index (χ4n) is 2.71. The van der Waals surface area contributed by atoms with Crippen molar-refractivity contribution in [1.29, 1.82) is 0 Å². The molecule has 0 fully saturated rings. The number of anilines is 1. The standard InChI is InChI=1S/C20H20N2O3S/c1-26(24,25)22(14-16-7-3-2-4-8-16)15-20(23)21-19-12-11-17-9-5-6-10-18(17)13-19/h2-13H,14-15H2,1H3,(H,21,23). The number of carbonyl (C=O) groups is 1. The van der Waals surface area contributed by atoms with Crippen molar-refractivity contribution in [2.75, 3.05) is 18.1 Å². The zero-order valence-electron chi connectivity index (χ0n) is 14.4. The highest BCUT2D eigenvalue weighted by Crippen LogP contribution is 2.19. The third-order valence-electron chi connectivity index (χ3n) is 4.02. The molecular weight excluding hydrogens is 348 g/mol. The van der Waals surface area contributed by atoms with Gasteiger partial charge in [0, 0.05) is 12.2 Å². The molecule has 0 radical (unpaired) electrons. The highest BCUT2D eigenvalue weighted by molar-refractivity contribution is 7.88. The maximum Gasteiger partial charge on any atom is 0.239 e. The summed E-state index contributed by atoms with van der Waals surface area (Å²) in [4.78, 5) is 12.4. The largest absolute Gasteiger partial charge is 0.325 e. The Morgan fingerprint density at radius 3 is 2.27 bits per heavy atom. The maximum absolute atomic E-state index is 12.4. The first kappa shape index (κ1) is 18.1. The zero-order chi connectivity index (χ0) is 18.6. The van der Waals surface area contributed by atoms with Gasteiger partial charge in [0.25, 0.3) is 0 Å². The lowest BCUT2D eigenvalue weighted by molar-refractivity contribution is -0.116. The van der Waals surface area contributed by atoms with Gasteiger partial charge in [0.2, 0.25) is 15.9 Å². The monoisotopic (exact) mass is 368 g/mol. The fraction of sp³-hybridized carbons (Fsp3) is 0.150. The van der Waals surface area contributed by atoms with E-state index < -0.39 is 10.0 Å². The number of hydrogen-bond acceptors (Lipinski definition) is 3. The van der Waals surface area contributed by atoms with Gasteiger partial charge in [-0.15, -0.1) is 0 Å². The number of fused-ring (bicyclic) bond motifs is 1. The number of amides is 1. The molecule has 0 aromatic heterocycles. The number of sulfonamides is 1. The number of nitrogens with one attached hydrogen (secondary N) is 1. The third kappa shape index (κ3) is 4.68. The van der Waals surface area contributed by atoms with Crippen LogP contribution in [-0.2, 0) is 21.4 Å². The summed E-state index contributed by atoms with van der Waals surface area (Å²) in [6.45, 7) is -0.0780. The summed E-state index contributed by atoms with van der Waals surface area (Å²) in [5, 5.41) is 4.86. The lowest BCUT2D eigenvalue weighted by atomic mass is 10.1. The van der Waals surface area contributed by atoms with Gasteiger partial charge in [0.15, 0.2) is 0 Å². The number of hydrogen-bond donors (Lipinski definition) is 1. The Morgan fingerprint density at radius 2 is 1.58 bits per heavy atom.